The summed E-state index contributed by atoms with van der Waals surface area (Å²) in [7, 11) is 4.45. The molecule has 3 heterocycles. The summed E-state index contributed by atoms with van der Waals surface area (Å²) >= 11 is 0. The minimum Gasteiger partial charge on any atom is -0.456 e. The van der Waals surface area contributed by atoms with Gasteiger partial charge in [-0.15, -0.1) is 13.2 Å². The molecule has 1 aliphatic carbocycles. The Labute approximate surface area is 413 Å². The number of carbonyl (C=O) groups excluding carboxylic acids is 5. The fraction of sp³-hybridized carbons (Fsp3) is 0.712. The van der Waals surface area contributed by atoms with E-state index in [9.17, 15) is 51.7 Å². The van der Waals surface area contributed by atoms with Crippen LogP contribution in [0, 0.1) is 35.4 Å². The van der Waals surface area contributed by atoms with Gasteiger partial charge in [-0.2, -0.15) is 0 Å². The number of carbonyl (C=O) groups is 5. The number of hydrogen-bond donors (Lipinski definition) is 2. The predicted molar refractivity (Wildman–Crippen MR) is 249 cm³/mol. The van der Waals surface area contributed by atoms with Gasteiger partial charge in [0.25, 0.3) is 11.7 Å². The average Bonchev–Trinajstić information content (AvgIpc) is 3.32. The Morgan fingerprint density at radius 3 is 2.24 bits per heavy atom. The Morgan fingerprint density at radius 2 is 1.59 bits per heavy atom. The molecule has 0 radical (unpaired) electrons. The maximum Gasteiger partial charge on any atom is 0.573 e. The number of Topliss-reactive ketones (excluding diaryl/α,β-unsaturated/α-hetero) is 3. The molecular weight excluding hydrogens is 939 g/mol. The fourth-order valence-corrected chi connectivity index (χ4v) is 10.7. The van der Waals surface area contributed by atoms with E-state index >= 15 is 0 Å². The number of aliphatic hydroxyl groups excluding tert-OH is 1. The van der Waals surface area contributed by atoms with Crippen molar-refractivity contribution >= 4 is 29.2 Å². The van der Waals surface area contributed by atoms with E-state index in [4.69, 9.17) is 28.4 Å². The van der Waals surface area contributed by atoms with E-state index in [0.717, 1.165) is 22.6 Å². The van der Waals surface area contributed by atoms with E-state index in [1.165, 1.54) is 21.3 Å². The van der Waals surface area contributed by atoms with Gasteiger partial charge < -0.3 is 48.3 Å². The number of piperidine rings is 1. The summed E-state index contributed by atoms with van der Waals surface area (Å²) in [6.45, 7) is 10.3. The van der Waals surface area contributed by atoms with Gasteiger partial charge in [-0.1, -0.05) is 45.4 Å². The first-order chi connectivity index (χ1) is 33.4. The van der Waals surface area contributed by atoms with Gasteiger partial charge in [0, 0.05) is 63.7 Å². The lowest BCUT2D eigenvalue weighted by Gasteiger charge is -2.47. The summed E-state index contributed by atoms with van der Waals surface area (Å²) in [5.41, 5.74) is 1.09. The second-order valence-corrected chi connectivity index (χ2v) is 20.1. The zero-order valence-corrected chi connectivity index (χ0v) is 42.3. The minimum atomic E-state index is -5.10. The van der Waals surface area contributed by atoms with Crippen molar-refractivity contribution in [3.05, 3.63) is 52.9 Å². The van der Waals surface area contributed by atoms with Gasteiger partial charge in [0.1, 0.15) is 42.2 Å². The normalized spacial score (nSPS) is 34.7. The Hall–Kier alpha value is -4.11. The van der Waals surface area contributed by atoms with Crippen molar-refractivity contribution in [2.24, 2.45) is 29.6 Å². The van der Waals surface area contributed by atoms with Crippen molar-refractivity contribution in [3.8, 4) is 5.75 Å². The largest absolute Gasteiger partial charge is 0.573 e. The number of nitrogens with zero attached hydrogens (tertiary/aromatic N) is 1. The average molecular weight is 1010 g/mol. The van der Waals surface area contributed by atoms with Crippen LogP contribution in [0.1, 0.15) is 123 Å². The minimum absolute atomic E-state index is 0.0130. The number of rotatable bonds is 11. The van der Waals surface area contributed by atoms with E-state index in [0.29, 0.717) is 63.0 Å². The fourth-order valence-electron chi connectivity index (χ4n) is 10.7. The highest BCUT2D eigenvalue weighted by atomic mass is 19.4. The Balaban J connectivity index is 1.43. The SMILES string of the molecule is CCC1C=C(C)CC(C)CC(OC)C2OC(O)(C(=O)C(=O)N3CCCCC3C(=O)OC(C(C)=CC3CCC(OCC(=O)c4cc(F)cc(OC(F)(F)F)c4)C(OC)C3)C(C)C(O)CC1=O)C(C)CC2OC. The third-order valence-electron chi connectivity index (χ3n) is 14.7. The maximum atomic E-state index is 14.5. The van der Waals surface area contributed by atoms with Crippen molar-refractivity contribution in [2.45, 2.75) is 173 Å². The Morgan fingerprint density at radius 1 is 0.915 bits per heavy atom. The molecule has 19 heteroatoms. The smallest absolute Gasteiger partial charge is 0.456 e. The summed E-state index contributed by atoms with van der Waals surface area (Å²) in [5, 5.41) is 23.9. The van der Waals surface area contributed by atoms with Crippen LogP contribution in [-0.2, 0) is 47.6 Å². The van der Waals surface area contributed by atoms with Gasteiger partial charge in [0.05, 0.1) is 30.5 Å². The van der Waals surface area contributed by atoms with Crippen LogP contribution in [0.25, 0.3) is 0 Å². The molecule has 5 rings (SSSR count). The molecule has 0 aromatic heterocycles. The van der Waals surface area contributed by atoms with Crippen LogP contribution in [0.2, 0.25) is 0 Å². The maximum absolute atomic E-state index is 14.5. The molecule has 2 N–H and O–H groups in total. The van der Waals surface area contributed by atoms with Crippen LogP contribution in [0.15, 0.2) is 41.5 Å². The van der Waals surface area contributed by atoms with Gasteiger partial charge in [0.2, 0.25) is 5.79 Å². The molecule has 0 spiro atoms. The van der Waals surface area contributed by atoms with E-state index in [1.807, 2.05) is 32.9 Å². The molecule has 1 aromatic rings. The van der Waals surface area contributed by atoms with Gasteiger partial charge >= 0.3 is 12.3 Å². The van der Waals surface area contributed by atoms with Gasteiger partial charge in [0.15, 0.2) is 5.78 Å². The van der Waals surface area contributed by atoms with Crippen LogP contribution in [0.5, 0.6) is 5.75 Å². The third-order valence-corrected chi connectivity index (χ3v) is 14.7. The highest BCUT2D eigenvalue weighted by Gasteiger charge is 2.56. The molecule has 398 valence electrons. The van der Waals surface area contributed by atoms with Crippen LogP contribution in [0.4, 0.5) is 17.6 Å². The Bertz CT molecular complexity index is 2100. The molecule has 2 bridgehead atoms. The number of ketones is 3. The summed E-state index contributed by atoms with van der Waals surface area (Å²) in [4.78, 5) is 71.3. The summed E-state index contributed by atoms with van der Waals surface area (Å²) in [6, 6.07) is 0.840. The number of cyclic esters (lactones) is 1. The monoisotopic (exact) mass is 1010 g/mol. The highest BCUT2D eigenvalue weighted by Crippen LogP contribution is 2.40. The number of fused-ring (bicyclic) bond motifs is 3. The summed E-state index contributed by atoms with van der Waals surface area (Å²) in [5.74, 6) is -11.2. The van der Waals surface area contributed by atoms with E-state index < -0.39 is 120 Å². The number of allylic oxidation sites excluding steroid dienone is 3. The second kappa shape index (κ2) is 25.2. The number of halogens is 4. The Kier molecular flexibility index (Phi) is 20.5. The molecule has 71 heavy (non-hydrogen) atoms. The molecule has 2 saturated heterocycles. The number of ether oxygens (including phenoxy) is 7. The lowest BCUT2D eigenvalue weighted by molar-refractivity contribution is -0.302. The standard InChI is InChI=1S/C52H73F4NO14/c1-10-34-18-28(2)17-29(3)19-44(66-8)47-45(67-9)21-31(5)51(64,71-47)48(61)49(62)57-16-12-11-13-38(57)50(63)69-46(32(6)39(58)26-40(34)59)30(4)20-33-14-15-42(43(22-33)65-7)68-27-41(60)35-23-36(53)25-37(24-35)70-52(54,55)56/h18,20,23-25,29,31-34,38-39,42-47,58,64H,10-17,19,21-22,26-27H2,1-9H3. The van der Waals surface area contributed by atoms with Crippen molar-refractivity contribution < 1.29 is 84.9 Å². The highest BCUT2D eigenvalue weighted by molar-refractivity contribution is 6.39. The van der Waals surface area contributed by atoms with E-state index in [2.05, 4.69) is 4.74 Å². The first-order valence-corrected chi connectivity index (χ1v) is 24.7. The number of alkyl halides is 3. The predicted octanol–water partition coefficient (Wildman–Crippen LogP) is 7.42. The molecule has 15 nitrogen and oxygen atoms in total. The number of aliphatic hydroxyl groups is 2. The van der Waals surface area contributed by atoms with Gasteiger partial charge in [-0.3, -0.25) is 19.2 Å². The van der Waals surface area contributed by atoms with Crippen molar-refractivity contribution in [2.75, 3.05) is 34.5 Å². The molecule has 1 saturated carbocycles. The van der Waals surface area contributed by atoms with Crippen molar-refractivity contribution in [1.29, 1.82) is 0 Å². The van der Waals surface area contributed by atoms with Gasteiger partial charge in [-0.25, -0.2) is 9.18 Å². The van der Waals surface area contributed by atoms with E-state index in [1.54, 1.807) is 20.8 Å². The molecule has 4 aliphatic rings. The lowest BCUT2D eigenvalue weighted by atomic mass is 9.81. The number of benzene rings is 1. The van der Waals surface area contributed by atoms with Gasteiger partial charge in [-0.05, 0) is 108 Å². The van der Waals surface area contributed by atoms with Crippen LogP contribution in [0.3, 0.4) is 0 Å². The van der Waals surface area contributed by atoms with E-state index in [-0.39, 0.29) is 49.0 Å². The molecule has 3 aliphatic heterocycles. The topological polar surface area (TPSA) is 194 Å². The zero-order chi connectivity index (χ0) is 52.5. The summed E-state index contributed by atoms with van der Waals surface area (Å²) < 4.78 is 92.3. The summed E-state index contributed by atoms with van der Waals surface area (Å²) in [6.07, 6.45) is -3.46. The number of methoxy groups -OCH3 is 3. The molecular formula is C52H73F4NO14. The molecule has 1 aromatic carbocycles. The molecule has 1 amide bonds. The number of amides is 1. The molecule has 14 unspecified atom stereocenters. The second-order valence-electron chi connectivity index (χ2n) is 20.1. The zero-order valence-electron chi connectivity index (χ0n) is 42.3. The lowest BCUT2D eigenvalue weighted by Crippen LogP contribution is -2.64. The third kappa shape index (κ3) is 14.8. The first-order valence-electron chi connectivity index (χ1n) is 24.7. The van der Waals surface area contributed by atoms with Crippen LogP contribution >= 0.6 is 0 Å². The molecule has 14 atom stereocenters. The van der Waals surface area contributed by atoms with Crippen molar-refractivity contribution in [3.63, 3.8) is 0 Å². The van der Waals surface area contributed by atoms with Crippen molar-refractivity contribution in [1.82, 2.24) is 4.90 Å². The number of esters is 1. The first kappa shape index (κ1) is 57.8. The quantitative estimate of drug-likeness (QED) is 0.0731. The van der Waals surface area contributed by atoms with Crippen LogP contribution in [-0.4, -0.2) is 140 Å². The molecule has 3 fully saturated rings. The van der Waals surface area contributed by atoms with Crippen LogP contribution < -0.4 is 4.74 Å². The number of hydrogen-bond acceptors (Lipinski definition) is 14.